The van der Waals surface area contributed by atoms with Crippen LogP contribution < -0.4 is 4.74 Å². The Bertz CT molecular complexity index is 882. The molecule has 9 heteroatoms. The molecule has 3 rings (SSSR count). The molecule has 0 aliphatic carbocycles. The minimum atomic E-state index is -1.33. The van der Waals surface area contributed by atoms with Crippen molar-refractivity contribution in [2.45, 2.75) is 38.9 Å². The highest BCUT2D eigenvalue weighted by atomic mass is 16.6. The summed E-state index contributed by atoms with van der Waals surface area (Å²) in [5, 5.41) is 9.60. The standard InChI is InChI=1S/C20H27N3O6/c1-20(2,3)29-19(26)23-8-13(9-23)7-14-10-22-11-15(5-6-17(22)21-14)28-12-16(24)18(25)27-4/h5-6,10-11,13,16,24H,7-9,12H2,1-4H3. The SMILES string of the molecule is COC(=O)C(O)COc1ccc2nc(CC3CN(C(=O)OC(C)(C)C)C3)cn2c1. The average Bonchev–Trinajstić information content (AvgIpc) is 3.01. The number of hydrogen-bond acceptors (Lipinski definition) is 7. The van der Waals surface area contributed by atoms with Crippen LogP contribution in [0.25, 0.3) is 5.65 Å². The fourth-order valence-electron chi connectivity index (χ4n) is 3.06. The Morgan fingerprint density at radius 2 is 2.00 bits per heavy atom. The van der Waals surface area contributed by atoms with Gasteiger partial charge < -0.3 is 28.6 Å². The Balaban J connectivity index is 1.53. The van der Waals surface area contributed by atoms with Gasteiger partial charge in [0.1, 0.15) is 23.6 Å². The number of fused-ring (bicyclic) bond motifs is 1. The quantitative estimate of drug-likeness (QED) is 0.729. The number of methoxy groups -OCH3 is 1. The van der Waals surface area contributed by atoms with Crippen LogP contribution in [0, 0.1) is 5.92 Å². The molecule has 1 fully saturated rings. The summed E-state index contributed by atoms with van der Waals surface area (Å²) >= 11 is 0. The summed E-state index contributed by atoms with van der Waals surface area (Å²) in [4.78, 5) is 29.5. The van der Waals surface area contributed by atoms with Gasteiger partial charge in [0.2, 0.25) is 0 Å². The highest BCUT2D eigenvalue weighted by Crippen LogP contribution is 2.23. The van der Waals surface area contributed by atoms with Crippen LogP contribution >= 0.6 is 0 Å². The summed E-state index contributed by atoms with van der Waals surface area (Å²) in [6, 6.07) is 3.53. The molecule has 1 unspecified atom stereocenters. The molecule has 0 radical (unpaired) electrons. The van der Waals surface area contributed by atoms with E-state index in [0.717, 1.165) is 17.8 Å². The first-order valence-electron chi connectivity index (χ1n) is 9.49. The lowest BCUT2D eigenvalue weighted by atomic mass is 9.95. The van der Waals surface area contributed by atoms with E-state index in [1.54, 1.807) is 23.2 Å². The number of aromatic nitrogens is 2. The van der Waals surface area contributed by atoms with E-state index in [4.69, 9.17) is 9.47 Å². The zero-order valence-corrected chi connectivity index (χ0v) is 17.1. The average molecular weight is 405 g/mol. The van der Waals surface area contributed by atoms with Gasteiger partial charge in [-0.1, -0.05) is 0 Å². The van der Waals surface area contributed by atoms with Crippen molar-refractivity contribution in [3.63, 3.8) is 0 Å². The van der Waals surface area contributed by atoms with Crippen molar-refractivity contribution in [2.75, 3.05) is 26.8 Å². The van der Waals surface area contributed by atoms with Gasteiger partial charge in [0.15, 0.2) is 6.10 Å². The first-order valence-corrected chi connectivity index (χ1v) is 9.49. The second kappa shape index (κ2) is 8.28. The Hall–Kier alpha value is -2.81. The van der Waals surface area contributed by atoms with Gasteiger partial charge >= 0.3 is 12.1 Å². The minimum absolute atomic E-state index is 0.192. The molecule has 1 aliphatic rings. The highest BCUT2D eigenvalue weighted by molar-refractivity contribution is 5.74. The number of ether oxygens (including phenoxy) is 3. The molecule has 158 valence electrons. The minimum Gasteiger partial charge on any atom is -0.489 e. The first-order chi connectivity index (χ1) is 13.6. The van der Waals surface area contributed by atoms with E-state index < -0.39 is 17.7 Å². The van der Waals surface area contributed by atoms with Crippen molar-refractivity contribution in [3.8, 4) is 5.75 Å². The summed E-state index contributed by atoms with van der Waals surface area (Å²) in [6.45, 7) is 6.68. The lowest BCUT2D eigenvalue weighted by Gasteiger charge is -2.39. The van der Waals surface area contributed by atoms with Gasteiger partial charge in [0, 0.05) is 19.3 Å². The lowest BCUT2D eigenvalue weighted by Crippen LogP contribution is -2.52. The number of esters is 1. The molecule has 1 aliphatic heterocycles. The first kappa shape index (κ1) is 20.9. The zero-order valence-electron chi connectivity index (χ0n) is 17.1. The number of hydrogen-bond donors (Lipinski definition) is 1. The van der Waals surface area contributed by atoms with E-state index in [-0.39, 0.29) is 12.7 Å². The number of imidazole rings is 1. The molecule has 0 aromatic carbocycles. The van der Waals surface area contributed by atoms with Crippen molar-refractivity contribution in [2.24, 2.45) is 5.92 Å². The van der Waals surface area contributed by atoms with Crippen LogP contribution in [0.2, 0.25) is 0 Å². The highest BCUT2D eigenvalue weighted by Gasteiger charge is 2.34. The smallest absolute Gasteiger partial charge is 0.410 e. The summed E-state index contributed by atoms with van der Waals surface area (Å²) in [6.07, 6.45) is 2.80. The number of carbonyl (C=O) groups is 2. The number of nitrogens with zero attached hydrogens (tertiary/aromatic N) is 3. The van der Waals surface area contributed by atoms with Crippen LogP contribution in [0.5, 0.6) is 5.75 Å². The Morgan fingerprint density at radius 3 is 2.66 bits per heavy atom. The number of aliphatic hydroxyl groups is 1. The number of rotatable bonds is 6. The van der Waals surface area contributed by atoms with Gasteiger partial charge in [-0.05, 0) is 45.2 Å². The van der Waals surface area contributed by atoms with Crippen LogP contribution in [-0.2, 0) is 20.7 Å². The number of pyridine rings is 1. The summed E-state index contributed by atoms with van der Waals surface area (Å²) in [5.41, 5.74) is 1.20. The van der Waals surface area contributed by atoms with Crippen LogP contribution in [0.4, 0.5) is 4.79 Å². The fourth-order valence-corrected chi connectivity index (χ4v) is 3.06. The third-order valence-electron chi connectivity index (χ3n) is 4.46. The van der Waals surface area contributed by atoms with E-state index in [1.807, 2.05) is 31.4 Å². The van der Waals surface area contributed by atoms with Crippen molar-refractivity contribution in [1.29, 1.82) is 0 Å². The molecule has 0 spiro atoms. The third-order valence-corrected chi connectivity index (χ3v) is 4.46. The van der Waals surface area contributed by atoms with E-state index in [9.17, 15) is 14.7 Å². The predicted octanol–water partition coefficient (Wildman–Crippen LogP) is 1.66. The van der Waals surface area contributed by atoms with Gasteiger partial charge in [0.05, 0.1) is 19.0 Å². The maximum absolute atomic E-state index is 12.0. The molecule has 0 saturated carbocycles. The second-order valence-electron chi connectivity index (χ2n) is 8.17. The third kappa shape index (κ3) is 5.38. The number of amides is 1. The number of aliphatic hydroxyl groups excluding tert-OH is 1. The van der Waals surface area contributed by atoms with Gasteiger partial charge in [-0.2, -0.15) is 0 Å². The fraction of sp³-hybridized carbons (Fsp3) is 0.550. The number of likely N-dealkylation sites (tertiary alicyclic amines) is 1. The second-order valence-corrected chi connectivity index (χ2v) is 8.17. The monoisotopic (exact) mass is 405 g/mol. The van der Waals surface area contributed by atoms with Crippen molar-refractivity contribution >= 4 is 17.7 Å². The maximum Gasteiger partial charge on any atom is 0.410 e. The largest absolute Gasteiger partial charge is 0.489 e. The van der Waals surface area contributed by atoms with Crippen molar-refractivity contribution in [1.82, 2.24) is 14.3 Å². The summed E-state index contributed by atoms with van der Waals surface area (Å²) in [5.74, 6) is 0.111. The molecule has 0 bridgehead atoms. The molecule has 1 saturated heterocycles. The zero-order chi connectivity index (χ0) is 21.2. The molecule has 1 amide bonds. The molecular formula is C20H27N3O6. The molecular weight excluding hydrogens is 378 g/mol. The molecule has 3 heterocycles. The summed E-state index contributed by atoms with van der Waals surface area (Å²) < 4.78 is 17.1. The maximum atomic E-state index is 12.0. The topological polar surface area (TPSA) is 103 Å². The van der Waals surface area contributed by atoms with Crippen LogP contribution in [0.1, 0.15) is 26.5 Å². The van der Waals surface area contributed by atoms with Gasteiger partial charge in [-0.15, -0.1) is 0 Å². The van der Waals surface area contributed by atoms with E-state index in [1.165, 1.54) is 7.11 Å². The lowest BCUT2D eigenvalue weighted by molar-refractivity contribution is -0.151. The Kier molecular flexibility index (Phi) is 5.97. The van der Waals surface area contributed by atoms with E-state index >= 15 is 0 Å². The van der Waals surface area contributed by atoms with Crippen LogP contribution in [-0.4, -0.2) is 70.0 Å². The predicted molar refractivity (Wildman–Crippen MR) is 104 cm³/mol. The molecule has 1 N–H and O–H groups in total. The molecule has 29 heavy (non-hydrogen) atoms. The van der Waals surface area contributed by atoms with Crippen LogP contribution in [0.15, 0.2) is 24.5 Å². The van der Waals surface area contributed by atoms with E-state index in [2.05, 4.69) is 9.72 Å². The van der Waals surface area contributed by atoms with Gasteiger partial charge in [-0.25, -0.2) is 14.6 Å². The summed E-state index contributed by atoms with van der Waals surface area (Å²) in [7, 11) is 1.21. The van der Waals surface area contributed by atoms with Crippen molar-refractivity contribution in [3.05, 3.63) is 30.2 Å². The molecule has 1 atom stereocenters. The number of carbonyl (C=O) groups excluding carboxylic acids is 2. The van der Waals surface area contributed by atoms with Crippen molar-refractivity contribution < 1.29 is 28.9 Å². The Labute approximate surface area is 169 Å². The van der Waals surface area contributed by atoms with Crippen LogP contribution in [0.3, 0.4) is 0 Å². The molecule has 9 nitrogen and oxygen atoms in total. The van der Waals surface area contributed by atoms with Gasteiger partial charge in [-0.3, -0.25) is 0 Å². The van der Waals surface area contributed by atoms with Gasteiger partial charge in [0.25, 0.3) is 0 Å². The Morgan fingerprint density at radius 1 is 1.28 bits per heavy atom. The van der Waals surface area contributed by atoms with E-state index in [0.29, 0.717) is 24.8 Å². The molecule has 2 aromatic heterocycles. The molecule has 2 aromatic rings. The normalized spacial score (nSPS) is 15.7.